The molecule has 21 heavy (non-hydrogen) atoms. The molecule has 1 aromatic carbocycles. The summed E-state index contributed by atoms with van der Waals surface area (Å²) in [5.41, 5.74) is -0.0129. The monoisotopic (exact) mass is 378 g/mol. The van der Waals surface area contributed by atoms with E-state index in [1.54, 1.807) is 4.90 Å². The van der Waals surface area contributed by atoms with Gasteiger partial charge < -0.3 is 4.90 Å². The number of amides is 1. The highest BCUT2D eigenvalue weighted by molar-refractivity contribution is 9.10. The van der Waals surface area contributed by atoms with E-state index in [0.29, 0.717) is 24.9 Å². The van der Waals surface area contributed by atoms with Gasteiger partial charge in [-0.3, -0.25) is 4.79 Å². The molecule has 1 saturated heterocycles. The molecule has 0 bridgehead atoms. The first-order valence-electron chi connectivity index (χ1n) is 6.42. The third-order valence-corrected chi connectivity index (χ3v) is 5.83. The lowest BCUT2D eigenvalue weighted by Crippen LogP contribution is -2.29. The number of carbonyl (C=O) groups excluding carboxylic acids is 1. The number of hydrogen-bond donors (Lipinski definition) is 1. The number of hydrogen-bond acceptors (Lipinski definition) is 3. The Morgan fingerprint density at radius 2 is 1.86 bits per heavy atom. The lowest BCUT2D eigenvalue weighted by Gasteiger charge is -2.17. The minimum Gasteiger partial charge on any atom is -0.338 e. The number of sulfonamides is 1. The fraction of sp³-hybridized carbons (Fsp3) is 0.462. The molecular weight excluding hydrogens is 363 g/mol. The Bertz CT molecular complexity index is 683. The Labute approximate surface area is 131 Å². The molecule has 8 heteroatoms. The van der Waals surface area contributed by atoms with Crippen molar-refractivity contribution >= 4 is 31.9 Å². The topological polar surface area (TPSA) is 80.5 Å². The highest BCUT2D eigenvalue weighted by Gasteiger charge is 2.31. The van der Waals surface area contributed by atoms with Gasteiger partial charge in [0.2, 0.25) is 10.0 Å². The lowest BCUT2D eigenvalue weighted by atomic mass is 10.0. The first kappa shape index (κ1) is 16.4. The molecule has 2 N–H and O–H groups in total. The summed E-state index contributed by atoms with van der Waals surface area (Å²) < 4.78 is 36.5. The summed E-state index contributed by atoms with van der Waals surface area (Å²) in [6.45, 7) is 5.22. The molecule has 5 nitrogen and oxygen atoms in total. The highest BCUT2D eigenvalue weighted by Crippen LogP contribution is 2.28. The van der Waals surface area contributed by atoms with Crippen LogP contribution in [0.4, 0.5) is 4.39 Å². The van der Waals surface area contributed by atoms with Gasteiger partial charge in [0, 0.05) is 18.7 Å². The number of nitrogens with two attached hydrogens (primary N) is 1. The van der Waals surface area contributed by atoms with Crippen LogP contribution in [0.25, 0.3) is 0 Å². The van der Waals surface area contributed by atoms with E-state index < -0.39 is 20.7 Å². The second-order valence-corrected chi connectivity index (χ2v) is 7.80. The van der Waals surface area contributed by atoms with Crippen LogP contribution in [0, 0.1) is 17.7 Å². The van der Waals surface area contributed by atoms with Gasteiger partial charge >= 0.3 is 0 Å². The number of nitrogens with zero attached hydrogens (tertiary/aromatic N) is 1. The largest absolute Gasteiger partial charge is 0.338 e. The number of likely N-dealkylation sites (tertiary alicyclic amines) is 1. The Hall–Kier alpha value is -0.990. The van der Waals surface area contributed by atoms with Crippen molar-refractivity contribution in [1.82, 2.24) is 4.90 Å². The van der Waals surface area contributed by atoms with Crippen LogP contribution in [-0.2, 0) is 10.0 Å². The predicted octanol–water partition coefficient (Wildman–Crippen LogP) is 1.96. The standard InChI is InChI=1S/C13H16BrFN2O3S/c1-7-5-17(6-8(7)2)13(18)9-3-10(15)12(14)11(4-9)21(16,19)20/h3-4,7-8H,5-6H2,1-2H3,(H2,16,19,20). The number of benzene rings is 1. The maximum Gasteiger partial charge on any atom is 0.254 e. The van der Waals surface area contributed by atoms with Crippen LogP contribution in [0.15, 0.2) is 21.5 Å². The first-order chi connectivity index (χ1) is 9.61. The fourth-order valence-electron chi connectivity index (χ4n) is 2.37. The third-order valence-electron chi connectivity index (χ3n) is 3.82. The molecular formula is C13H16BrFN2O3S. The molecule has 1 fully saturated rings. The molecule has 0 saturated carbocycles. The number of rotatable bonds is 2. The average Bonchev–Trinajstić information content (AvgIpc) is 2.70. The van der Waals surface area contributed by atoms with Gasteiger partial charge in [0.25, 0.3) is 5.91 Å². The minimum atomic E-state index is -4.11. The molecule has 1 aromatic rings. The van der Waals surface area contributed by atoms with Crippen molar-refractivity contribution < 1.29 is 17.6 Å². The van der Waals surface area contributed by atoms with Crippen molar-refractivity contribution in [1.29, 1.82) is 0 Å². The number of halogens is 2. The summed E-state index contributed by atoms with van der Waals surface area (Å²) in [6, 6.07) is 2.13. The average molecular weight is 379 g/mol. The zero-order chi connectivity index (χ0) is 15.9. The summed E-state index contributed by atoms with van der Waals surface area (Å²) in [6.07, 6.45) is 0. The van der Waals surface area contributed by atoms with Gasteiger partial charge in [-0.2, -0.15) is 0 Å². The van der Waals surface area contributed by atoms with Crippen LogP contribution < -0.4 is 5.14 Å². The van der Waals surface area contributed by atoms with E-state index in [1.165, 1.54) is 0 Å². The Balaban J connectivity index is 2.42. The van der Waals surface area contributed by atoms with Crippen LogP contribution >= 0.6 is 15.9 Å². The van der Waals surface area contributed by atoms with E-state index in [4.69, 9.17) is 5.14 Å². The van der Waals surface area contributed by atoms with E-state index in [0.717, 1.165) is 12.1 Å². The number of carbonyl (C=O) groups is 1. The molecule has 1 aliphatic heterocycles. The molecule has 0 spiro atoms. The molecule has 2 rings (SSSR count). The van der Waals surface area contributed by atoms with Gasteiger partial charge in [0.05, 0.1) is 9.37 Å². The van der Waals surface area contributed by atoms with Crippen LogP contribution in [0.3, 0.4) is 0 Å². The second-order valence-electron chi connectivity index (χ2n) is 5.48. The molecule has 2 atom stereocenters. The third kappa shape index (κ3) is 3.27. The molecule has 1 amide bonds. The Kier molecular flexibility index (Phi) is 4.41. The SMILES string of the molecule is CC1CN(C(=O)c2cc(F)c(Br)c(S(N)(=O)=O)c2)CC1C. The Morgan fingerprint density at radius 3 is 2.33 bits per heavy atom. The zero-order valence-electron chi connectivity index (χ0n) is 11.6. The van der Waals surface area contributed by atoms with Gasteiger partial charge in [-0.15, -0.1) is 0 Å². The molecule has 0 radical (unpaired) electrons. The minimum absolute atomic E-state index is 0.0129. The van der Waals surface area contributed by atoms with Crippen molar-refractivity contribution in [3.63, 3.8) is 0 Å². The summed E-state index contributed by atoms with van der Waals surface area (Å²) in [7, 11) is -4.11. The predicted molar refractivity (Wildman–Crippen MR) is 79.7 cm³/mol. The summed E-state index contributed by atoms with van der Waals surface area (Å²) >= 11 is 2.84. The lowest BCUT2D eigenvalue weighted by molar-refractivity contribution is 0.0784. The van der Waals surface area contributed by atoms with E-state index in [1.807, 2.05) is 13.8 Å². The van der Waals surface area contributed by atoms with Crippen LogP contribution in [0.5, 0.6) is 0 Å². The second kappa shape index (κ2) is 5.66. The van der Waals surface area contributed by atoms with Gasteiger partial charge in [0.15, 0.2) is 0 Å². The van der Waals surface area contributed by atoms with Crippen molar-refractivity contribution in [2.24, 2.45) is 17.0 Å². The fourth-order valence-corrected chi connectivity index (χ4v) is 3.92. The highest BCUT2D eigenvalue weighted by atomic mass is 79.9. The first-order valence-corrected chi connectivity index (χ1v) is 8.76. The molecule has 2 unspecified atom stereocenters. The molecule has 0 aliphatic carbocycles. The summed E-state index contributed by atoms with van der Waals surface area (Å²) in [4.78, 5) is 13.6. The smallest absolute Gasteiger partial charge is 0.254 e. The molecule has 116 valence electrons. The van der Waals surface area contributed by atoms with E-state index in [2.05, 4.69) is 15.9 Å². The Morgan fingerprint density at radius 1 is 1.33 bits per heavy atom. The quantitative estimate of drug-likeness (QED) is 0.853. The van der Waals surface area contributed by atoms with E-state index in [-0.39, 0.29) is 15.9 Å². The van der Waals surface area contributed by atoms with E-state index >= 15 is 0 Å². The zero-order valence-corrected chi connectivity index (χ0v) is 14.0. The van der Waals surface area contributed by atoms with Crippen LogP contribution in [-0.4, -0.2) is 32.3 Å². The van der Waals surface area contributed by atoms with Crippen molar-refractivity contribution in [3.05, 3.63) is 28.0 Å². The van der Waals surface area contributed by atoms with Gasteiger partial charge in [-0.05, 0) is 39.9 Å². The molecule has 1 heterocycles. The normalized spacial score (nSPS) is 22.6. The molecule has 1 aliphatic rings. The van der Waals surface area contributed by atoms with Gasteiger partial charge in [-0.1, -0.05) is 13.8 Å². The van der Waals surface area contributed by atoms with Gasteiger partial charge in [-0.25, -0.2) is 17.9 Å². The van der Waals surface area contributed by atoms with Crippen molar-refractivity contribution in [2.75, 3.05) is 13.1 Å². The maximum atomic E-state index is 13.8. The van der Waals surface area contributed by atoms with Crippen LogP contribution in [0.2, 0.25) is 0 Å². The van der Waals surface area contributed by atoms with Crippen molar-refractivity contribution in [3.8, 4) is 0 Å². The molecule has 0 aromatic heterocycles. The van der Waals surface area contributed by atoms with Gasteiger partial charge in [0.1, 0.15) is 5.82 Å². The summed E-state index contributed by atoms with van der Waals surface area (Å²) in [5.74, 6) is -0.508. The summed E-state index contributed by atoms with van der Waals surface area (Å²) in [5, 5.41) is 5.04. The van der Waals surface area contributed by atoms with E-state index in [9.17, 15) is 17.6 Å². The van der Waals surface area contributed by atoms with Crippen LogP contribution in [0.1, 0.15) is 24.2 Å². The number of primary sulfonamides is 1. The van der Waals surface area contributed by atoms with Crippen molar-refractivity contribution in [2.45, 2.75) is 18.7 Å². The maximum absolute atomic E-state index is 13.8.